The Bertz CT molecular complexity index is 556. The van der Waals surface area contributed by atoms with E-state index in [2.05, 4.69) is 30.5 Å². The minimum atomic E-state index is -0.183. The number of rotatable bonds is 8. The van der Waals surface area contributed by atoms with Crippen LogP contribution in [-0.4, -0.2) is 22.1 Å². The Kier molecular flexibility index (Phi) is 6.26. The molecule has 2 aromatic rings. The number of halogens is 1. The van der Waals surface area contributed by atoms with Gasteiger partial charge in [0.2, 0.25) is 0 Å². The second kappa shape index (κ2) is 8.20. The van der Waals surface area contributed by atoms with Gasteiger partial charge in [0.05, 0.1) is 6.20 Å². The van der Waals surface area contributed by atoms with Gasteiger partial charge in [0.1, 0.15) is 5.82 Å². The molecule has 0 spiro atoms. The smallest absolute Gasteiger partial charge is 0.124 e. The molecule has 5 heteroatoms. The highest BCUT2D eigenvalue weighted by Gasteiger charge is 2.13. The quantitative estimate of drug-likeness (QED) is 0.751. The highest BCUT2D eigenvalue weighted by Crippen LogP contribution is 2.25. The predicted molar refractivity (Wildman–Crippen MR) is 86.1 cm³/mol. The molecular formula is C16H22FN3S. The van der Waals surface area contributed by atoms with Crippen molar-refractivity contribution >= 4 is 11.8 Å². The third-order valence-corrected chi connectivity index (χ3v) is 4.32. The lowest BCUT2D eigenvalue weighted by molar-refractivity contribution is 0.575. The fraction of sp³-hybridized carbons (Fsp3) is 0.438. The van der Waals surface area contributed by atoms with Crippen LogP contribution in [0.25, 0.3) is 0 Å². The van der Waals surface area contributed by atoms with E-state index in [0.29, 0.717) is 0 Å². The van der Waals surface area contributed by atoms with Crippen LogP contribution in [0.4, 0.5) is 4.39 Å². The number of nitrogens with zero attached hydrogens (tertiary/aromatic N) is 2. The molecule has 21 heavy (non-hydrogen) atoms. The summed E-state index contributed by atoms with van der Waals surface area (Å²) in [5.41, 5.74) is 1.19. The van der Waals surface area contributed by atoms with Gasteiger partial charge in [-0.15, -0.1) is 11.8 Å². The molecule has 1 aromatic heterocycles. The first-order chi connectivity index (χ1) is 10.2. The van der Waals surface area contributed by atoms with E-state index in [0.717, 1.165) is 30.2 Å². The number of hydrogen-bond acceptors (Lipinski definition) is 3. The number of aromatic nitrogens is 2. The summed E-state index contributed by atoms with van der Waals surface area (Å²) in [6.07, 6.45) is 5.09. The molecule has 1 N–H and O–H groups in total. The summed E-state index contributed by atoms with van der Waals surface area (Å²) in [7, 11) is 0. The molecule has 0 aliphatic rings. The number of nitrogens with one attached hydrogen (secondary N) is 1. The molecule has 0 bridgehead atoms. The third-order valence-electron chi connectivity index (χ3n) is 3.23. The summed E-state index contributed by atoms with van der Waals surface area (Å²) in [6, 6.07) is 6.99. The standard InChI is InChI=1S/C16H22FN3S/c1-3-8-18-16(13-10-19-20(4-2)11-13)12-21-15-7-5-6-14(17)9-15/h5-7,9-11,16,18H,3-4,8,12H2,1-2H3. The van der Waals surface area contributed by atoms with Crippen LogP contribution in [0.1, 0.15) is 31.9 Å². The van der Waals surface area contributed by atoms with E-state index in [4.69, 9.17) is 0 Å². The lowest BCUT2D eigenvalue weighted by Gasteiger charge is -2.16. The largest absolute Gasteiger partial charge is 0.309 e. The van der Waals surface area contributed by atoms with Gasteiger partial charge in [0.15, 0.2) is 0 Å². The highest BCUT2D eigenvalue weighted by atomic mass is 32.2. The first-order valence-electron chi connectivity index (χ1n) is 7.37. The zero-order valence-corrected chi connectivity index (χ0v) is 13.4. The maximum Gasteiger partial charge on any atom is 0.124 e. The number of hydrogen-bond donors (Lipinski definition) is 1. The van der Waals surface area contributed by atoms with E-state index in [1.807, 2.05) is 16.9 Å². The van der Waals surface area contributed by atoms with Crippen LogP contribution in [-0.2, 0) is 6.54 Å². The fourth-order valence-corrected chi connectivity index (χ4v) is 3.10. The molecule has 3 nitrogen and oxygen atoms in total. The Labute approximate surface area is 129 Å². The Morgan fingerprint density at radius 2 is 2.24 bits per heavy atom. The number of benzene rings is 1. The van der Waals surface area contributed by atoms with Crippen molar-refractivity contribution in [1.29, 1.82) is 0 Å². The molecular weight excluding hydrogens is 285 g/mol. The third kappa shape index (κ3) is 4.86. The van der Waals surface area contributed by atoms with Gasteiger partial charge in [0.25, 0.3) is 0 Å². The van der Waals surface area contributed by atoms with Gasteiger partial charge in [-0.05, 0) is 38.1 Å². The van der Waals surface area contributed by atoms with Gasteiger partial charge in [-0.2, -0.15) is 5.10 Å². The maximum absolute atomic E-state index is 13.2. The van der Waals surface area contributed by atoms with Gasteiger partial charge in [-0.1, -0.05) is 13.0 Å². The lowest BCUT2D eigenvalue weighted by Crippen LogP contribution is -2.23. The van der Waals surface area contributed by atoms with Crippen molar-refractivity contribution in [2.75, 3.05) is 12.3 Å². The molecule has 1 unspecified atom stereocenters. The molecule has 1 heterocycles. The van der Waals surface area contributed by atoms with Crippen LogP contribution in [0.15, 0.2) is 41.6 Å². The second-order valence-electron chi connectivity index (χ2n) is 4.90. The molecule has 0 aliphatic heterocycles. The minimum absolute atomic E-state index is 0.183. The van der Waals surface area contributed by atoms with E-state index in [1.165, 1.54) is 11.6 Å². The molecule has 0 fully saturated rings. The Morgan fingerprint density at radius 1 is 1.38 bits per heavy atom. The van der Waals surface area contributed by atoms with Crippen LogP contribution < -0.4 is 5.32 Å². The number of thioether (sulfide) groups is 1. The average Bonchev–Trinajstić information content (AvgIpc) is 2.96. The Morgan fingerprint density at radius 3 is 2.90 bits per heavy atom. The first-order valence-corrected chi connectivity index (χ1v) is 8.35. The Balaban J connectivity index is 2.02. The zero-order valence-electron chi connectivity index (χ0n) is 12.6. The topological polar surface area (TPSA) is 29.9 Å². The van der Waals surface area contributed by atoms with E-state index >= 15 is 0 Å². The van der Waals surface area contributed by atoms with Crippen molar-refractivity contribution in [3.8, 4) is 0 Å². The molecule has 0 aliphatic carbocycles. The average molecular weight is 307 g/mol. The predicted octanol–water partition coefficient (Wildman–Crippen LogP) is 3.88. The normalized spacial score (nSPS) is 12.5. The van der Waals surface area contributed by atoms with Crippen LogP contribution >= 0.6 is 11.8 Å². The molecule has 114 valence electrons. The van der Waals surface area contributed by atoms with Crippen molar-refractivity contribution in [2.45, 2.75) is 37.8 Å². The molecule has 0 saturated heterocycles. The SMILES string of the molecule is CCCNC(CSc1cccc(F)c1)c1cnn(CC)c1. The van der Waals surface area contributed by atoms with Crippen LogP contribution in [0.5, 0.6) is 0 Å². The maximum atomic E-state index is 13.2. The van der Waals surface area contributed by atoms with E-state index in [9.17, 15) is 4.39 Å². The van der Waals surface area contributed by atoms with Crippen molar-refractivity contribution < 1.29 is 4.39 Å². The summed E-state index contributed by atoms with van der Waals surface area (Å²) in [5.74, 6) is 0.677. The molecule has 1 atom stereocenters. The highest BCUT2D eigenvalue weighted by molar-refractivity contribution is 7.99. The van der Waals surface area contributed by atoms with Crippen LogP contribution in [0, 0.1) is 5.82 Å². The van der Waals surface area contributed by atoms with E-state index in [-0.39, 0.29) is 11.9 Å². The summed E-state index contributed by atoms with van der Waals surface area (Å²) < 4.78 is 15.2. The molecule has 2 rings (SSSR count). The number of aryl methyl sites for hydroxylation is 1. The molecule has 0 amide bonds. The van der Waals surface area contributed by atoms with Crippen molar-refractivity contribution in [3.05, 3.63) is 48.0 Å². The van der Waals surface area contributed by atoms with E-state index in [1.54, 1.807) is 23.9 Å². The van der Waals surface area contributed by atoms with Crippen molar-refractivity contribution in [2.24, 2.45) is 0 Å². The van der Waals surface area contributed by atoms with Crippen molar-refractivity contribution in [3.63, 3.8) is 0 Å². The summed E-state index contributed by atoms with van der Waals surface area (Å²) in [4.78, 5) is 0.959. The van der Waals surface area contributed by atoms with E-state index < -0.39 is 0 Å². The monoisotopic (exact) mass is 307 g/mol. The summed E-state index contributed by atoms with van der Waals surface area (Å²) in [6.45, 7) is 6.06. The fourth-order valence-electron chi connectivity index (χ4n) is 2.06. The van der Waals surface area contributed by atoms with Crippen LogP contribution in [0.2, 0.25) is 0 Å². The van der Waals surface area contributed by atoms with Gasteiger partial charge < -0.3 is 5.32 Å². The van der Waals surface area contributed by atoms with Gasteiger partial charge in [-0.3, -0.25) is 4.68 Å². The molecule has 0 saturated carbocycles. The van der Waals surface area contributed by atoms with Gasteiger partial charge in [0, 0.05) is 35.0 Å². The molecule has 0 radical (unpaired) electrons. The Hall–Kier alpha value is -1.33. The summed E-state index contributed by atoms with van der Waals surface area (Å²) >= 11 is 1.67. The zero-order chi connectivity index (χ0) is 15.1. The van der Waals surface area contributed by atoms with Gasteiger partial charge in [-0.25, -0.2) is 4.39 Å². The first kappa shape index (κ1) is 16.0. The van der Waals surface area contributed by atoms with Crippen LogP contribution in [0.3, 0.4) is 0 Å². The second-order valence-corrected chi connectivity index (χ2v) is 6.00. The molecule has 1 aromatic carbocycles. The lowest BCUT2D eigenvalue weighted by atomic mass is 10.2. The van der Waals surface area contributed by atoms with Crippen molar-refractivity contribution in [1.82, 2.24) is 15.1 Å². The van der Waals surface area contributed by atoms with Gasteiger partial charge >= 0.3 is 0 Å². The minimum Gasteiger partial charge on any atom is -0.309 e. The summed E-state index contributed by atoms with van der Waals surface area (Å²) in [5, 5.41) is 7.88.